The molecule has 1 saturated carbocycles. The number of rotatable bonds is 7. The smallest absolute Gasteiger partial charge is 0.344 e. The average Bonchev–Trinajstić information content (AvgIpc) is 3.86. The van der Waals surface area contributed by atoms with Crippen molar-refractivity contribution in [1.82, 2.24) is 14.8 Å². The molecule has 1 aromatic heterocycles. The van der Waals surface area contributed by atoms with E-state index < -0.39 is 52.4 Å². The lowest BCUT2D eigenvalue weighted by Gasteiger charge is -2.63. The Morgan fingerprint density at radius 3 is 2.50 bits per heavy atom. The number of aliphatic hydroxyl groups is 1. The van der Waals surface area contributed by atoms with E-state index in [4.69, 9.17) is 18.9 Å². The van der Waals surface area contributed by atoms with Gasteiger partial charge in [-0.3, -0.25) is 19.4 Å². The number of aromatic amines is 1. The van der Waals surface area contributed by atoms with Crippen LogP contribution in [0.4, 0.5) is 5.69 Å². The molecule has 3 unspecified atom stereocenters. The zero-order chi connectivity index (χ0) is 40.2. The Morgan fingerprint density at radius 1 is 1.03 bits per heavy atom. The minimum atomic E-state index is -2.25. The van der Waals surface area contributed by atoms with Gasteiger partial charge < -0.3 is 39.4 Å². The molecule has 3 aromatic rings. The van der Waals surface area contributed by atoms with Crippen molar-refractivity contribution in [3.63, 3.8) is 0 Å². The number of ether oxygens (including phenoxy) is 4. The first-order chi connectivity index (χ1) is 27.4. The highest BCUT2D eigenvalue weighted by Crippen LogP contribution is 2.68. The Morgan fingerprint density at radius 2 is 1.81 bits per heavy atom. The van der Waals surface area contributed by atoms with Gasteiger partial charge in [0.05, 0.1) is 27.4 Å². The van der Waals surface area contributed by atoms with E-state index in [1.807, 2.05) is 37.1 Å². The van der Waals surface area contributed by atoms with Gasteiger partial charge in [-0.25, -0.2) is 4.79 Å². The lowest BCUT2D eigenvalue weighted by Crippen LogP contribution is -2.81. The fourth-order valence-corrected chi connectivity index (χ4v) is 12.8. The molecule has 13 heteroatoms. The molecular formula is C45H56N4O9. The molecule has 6 heterocycles. The lowest BCUT2D eigenvalue weighted by atomic mass is 9.47. The number of nitrogens with zero attached hydrogens (tertiary/aromatic N) is 3. The molecule has 2 bridgehead atoms. The Bertz CT molecular complexity index is 2230. The molecule has 9 rings (SSSR count). The van der Waals surface area contributed by atoms with Gasteiger partial charge in [0, 0.05) is 91.3 Å². The van der Waals surface area contributed by atoms with Crippen molar-refractivity contribution >= 4 is 34.5 Å². The van der Waals surface area contributed by atoms with Crippen LogP contribution in [0.25, 0.3) is 10.9 Å². The zero-order valence-corrected chi connectivity index (χ0v) is 34.5. The van der Waals surface area contributed by atoms with Crippen molar-refractivity contribution in [3.05, 3.63) is 82.6 Å². The second kappa shape index (κ2) is 14.2. The van der Waals surface area contributed by atoms with E-state index in [0.29, 0.717) is 38.2 Å². The van der Waals surface area contributed by atoms with Crippen molar-refractivity contribution in [2.75, 3.05) is 59.5 Å². The fraction of sp³-hybridized carbons (Fsp3) is 0.533. The van der Waals surface area contributed by atoms with Crippen molar-refractivity contribution < 1.29 is 43.9 Å². The van der Waals surface area contributed by atoms with Gasteiger partial charge in [0.2, 0.25) is 5.60 Å². The van der Waals surface area contributed by atoms with Crippen LogP contribution in [0.1, 0.15) is 74.3 Å². The number of carbonyl (C=O) groups is 3. The highest BCUT2D eigenvalue weighted by molar-refractivity contribution is 5.90. The number of likely N-dealkylation sites (N-methyl/N-ethyl adjacent to an activating group) is 1. The standard InChI is InChI=1S/C45H54N4O8.H2O/c1-8-26-19-27-23-48(22-26)24-30-28-13-10-11-14-32(28)46-37(30)36(38(51)55-6)35(27)29-20-31-33(21-34(29)54-5)47(4)40-44(31)16-18-49-17-12-15-43(9-2,39(44)49)41(57-25(3)50)45(40,53)42(52)56-7;/h10-15,19-21,27,35-36,39-41,46,53H,8-9,16-18,22-24H2,1-7H3;1H2/t27-,35-,36-,39+,40?,41-,43?,44-,45+;/m1./s1. The molecule has 1 spiro atoms. The van der Waals surface area contributed by atoms with E-state index >= 15 is 0 Å². The molecule has 0 amide bonds. The summed E-state index contributed by atoms with van der Waals surface area (Å²) in [6.45, 7) is 9.22. The van der Waals surface area contributed by atoms with Crippen LogP contribution in [0, 0.1) is 11.3 Å². The normalized spacial score (nSPS) is 34.3. The maximum absolute atomic E-state index is 14.5. The number of hydrogen-bond donors (Lipinski definition) is 2. The fourth-order valence-electron chi connectivity index (χ4n) is 12.8. The maximum atomic E-state index is 14.5. The summed E-state index contributed by atoms with van der Waals surface area (Å²) in [4.78, 5) is 52.4. The van der Waals surface area contributed by atoms with Crippen LogP contribution >= 0.6 is 0 Å². The first-order valence-electron chi connectivity index (χ1n) is 20.4. The molecule has 2 aromatic carbocycles. The number of benzene rings is 2. The van der Waals surface area contributed by atoms with E-state index in [9.17, 15) is 19.5 Å². The van der Waals surface area contributed by atoms with Crippen LogP contribution in [0.15, 0.2) is 60.2 Å². The third kappa shape index (κ3) is 5.18. The predicted molar refractivity (Wildman–Crippen MR) is 218 cm³/mol. The summed E-state index contributed by atoms with van der Waals surface area (Å²) in [5.41, 5.74) is 2.91. The summed E-state index contributed by atoms with van der Waals surface area (Å²) in [5.74, 6) is -2.33. The molecule has 2 fully saturated rings. The summed E-state index contributed by atoms with van der Waals surface area (Å²) in [6.07, 6.45) is 7.32. The number of para-hydroxylation sites is 1. The Labute approximate surface area is 339 Å². The van der Waals surface area contributed by atoms with Gasteiger partial charge in [-0.1, -0.05) is 55.8 Å². The number of hydrogen-bond acceptors (Lipinski definition) is 11. The highest BCUT2D eigenvalue weighted by atomic mass is 16.6. The molecule has 6 aliphatic rings. The molecule has 4 N–H and O–H groups in total. The van der Waals surface area contributed by atoms with Gasteiger partial charge in [-0.15, -0.1) is 0 Å². The van der Waals surface area contributed by atoms with E-state index in [1.54, 1.807) is 7.11 Å². The van der Waals surface area contributed by atoms with Crippen LogP contribution in [0.5, 0.6) is 5.75 Å². The number of anilines is 1. The average molecular weight is 797 g/mol. The van der Waals surface area contributed by atoms with Crippen LogP contribution < -0.4 is 9.64 Å². The number of nitrogens with one attached hydrogen (secondary N) is 1. The Kier molecular flexibility index (Phi) is 9.85. The maximum Gasteiger partial charge on any atom is 0.344 e. The number of carbonyl (C=O) groups excluding carboxylic acids is 3. The number of methoxy groups -OCH3 is 3. The molecule has 13 nitrogen and oxygen atoms in total. The summed E-state index contributed by atoms with van der Waals surface area (Å²) >= 11 is 0. The Balaban J connectivity index is 0.00000469. The number of fused-ring (bicyclic) bond motifs is 6. The second-order valence-electron chi connectivity index (χ2n) is 17.1. The second-order valence-corrected chi connectivity index (χ2v) is 17.1. The lowest BCUT2D eigenvalue weighted by molar-refractivity contribution is -0.228. The summed E-state index contributed by atoms with van der Waals surface area (Å²) < 4.78 is 23.7. The first-order valence-corrected chi connectivity index (χ1v) is 20.4. The van der Waals surface area contributed by atoms with Crippen LogP contribution in [0.3, 0.4) is 0 Å². The van der Waals surface area contributed by atoms with Crippen molar-refractivity contribution in [2.24, 2.45) is 11.3 Å². The van der Waals surface area contributed by atoms with Crippen molar-refractivity contribution in [2.45, 2.75) is 87.6 Å². The molecule has 10 atom stereocenters. The van der Waals surface area contributed by atoms with Gasteiger partial charge in [0.25, 0.3) is 0 Å². The number of esters is 3. The molecule has 310 valence electrons. The van der Waals surface area contributed by atoms with Crippen LogP contribution in [0.2, 0.25) is 0 Å². The first kappa shape index (κ1) is 40.1. The minimum Gasteiger partial charge on any atom is -0.496 e. The van der Waals surface area contributed by atoms with Gasteiger partial charge in [0.1, 0.15) is 11.7 Å². The monoisotopic (exact) mass is 796 g/mol. The van der Waals surface area contributed by atoms with Gasteiger partial charge in [-0.2, -0.15) is 0 Å². The summed E-state index contributed by atoms with van der Waals surface area (Å²) in [6, 6.07) is 11.4. The van der Waals surface area contributed by atoms with Crippen molar-refractivity contribution in [3.8, 4) is 5.75 Å². The molecule has 1 aliphatic carbocycles. The summed E-state index contributed by atoms with van der Waals surface area (Å²) in [7, 11) is 6.29. The third-order valence-corrected chi connectivity index (χ3v) is 14.7. The SMILES string of the molecule is CCC1=C[C@@H]2CN(C1)Cc1c([nH]c3ccccc13)[C@H](C(=O)OC)[C@H]2c1cc2c(cc1OC)N(C)C1[C@]23CCN2CC=CC(CC)([C@@H](OC(C)=O)[C@]1(O)C(=O)OC)[C@H]23.O. The van der Waals surface area contributed by atoms with Gasteiger partial charge >= 0.3 is 17.9 Å². The van der Waals surface area contributed by atoms with Crippen molar-refractivity contribution in [1.29, 1.82) is 0 Å². The zero-order valence-electron chi connectivity index (χ0n) is 34.5. The largest absolute Gasteiger partial charge is 0.496 e. The molecule has 5 aliphatic heterocycles. The van der Waals surface area contributed by atoms with Gasteiger partial charge in [0.15, 0.2) is 6.10 Å². The molecule has 58 heavy (non-hydrogen) atoms. The summed E-state index contributed by atoms with van der Waals surface area (Å²) in [5, 5.41) is 14.4. The predicted octanol–water partition coefficient (Wildman–Crippen LogP) is 4.12. The van der Waals surface area contributed by atoms with E-state index in [-0.39, 0.29) is 23.4 Å². The van der Waals surface area contributed by atoms with E-state index in [1.165, 1.54) is 26.7 Å². The highest BCUT2D eigenvalue weighted by Gasteiger charge is 2.80. The molecule has 1 saturated heterocycles. The van der Waals surface area contributed by atoms with Crippen LogP contribution in [-0.2, 0) is 40.6 Å². The Hall–Kier alpha value is -4.69. The third-order valence-electron chi connectivity index (χ3n) is 14.7. The molecular weight excluding hydrogens is 741 g/mol. The van der Waals surface area contributed by atoms with Crippen LogP contribution in [-0.4, -0.2) is 122 Å². The number of aromatic nitrogens is 1. The molecule has 0 radical (unpaired) electrons. The topological polar surface area (TPSA) is 165 Å². The van der Waals surface area contributed by atoms with Gasteiger partial charge in [-0.05, 0) is 60.5 Å². The van der Waals surface area contributed by atoms with E-state index in [0.717, 1.165) is 58.5 Å². The number of H-pyrrole nitrogens is 1. The van der Waals surface area contributed by atoms with E-state index in [2.05, 4.69) is 58.1 Å². The quantitative estimate of drug-likeness (QED) is 0.201. The minimum absolute atomic E-state index is 0.